The predicted molar refractivity (Wildman–Crippen MR) is 64.7 cm³/mol. The minimum absolute atomic E-state index is 0.373. The topological polar surface area (TPSA) is 52.3 Å². The number of halogens is 1. The smallest absolute Gasteiger partial charge is 0.339 e. The van der Waals surface area contributed by atoms with Gasteiger partial charge in [0.25, 0.3) is 0 Å². The van der Waals surface area contributed by atoms with Crippen molar-refractivity contribution in [2.75, 3.05) is 12.8 Å². The lowest BCUT2D eigenvalue weighted by Gasteiger charge is -2.07. The third-order valence-electron chi connectivity index (χ3n) is 2.43. The van der Waals surface area contributed by atoms with E-state index in [4.69, 9.17) is 17.3 Å². The van der Waals surface area contributed by atoms with E-state index in [0.717, 1.165) is 10.8 Å². The first-order chi connectivity index (χ1) is 7.63. The molecule has 0 aliphatic carbocycles. The number of carbonyl (C=O) groups excluding carboxylic acids is 1. The Morgan fingerprint density at radius 1 is 1.31 bits per heavy atom. The predicted octanol–water partition coefficient (Wildman–Crippen LogP) is 2.86. The molecule has 2 aromatic carbocycles. The molecule has 0 fully saturated rings. The van der Waals surface area contributed by atoms with Crippen LogP contribution in [0.1, 0.15) is 10.4 Å². The standard InChI is InChI=1S/C12H10ClNO2/c1-16-12(15)10-4-2-7-6-8(13)3-5-9(7)11(10)14/h2-6H,14H2,1H3. The average molecular weight is 236 g/mol. The Balaban J connectivity index is 2.70. The van der Waals surface area contributed by atoms with Crippen molar-refractivity contribution in [1.29, 1.82) is 0 Å². The van der Waals surface area contributed by atoms with Gasteiger partial charge in [-0.05, 0) is 23.6 Å². The first kappa shape index (κ1) is 10.8. The molecule has 0 saturated heterocycles. The Hall–Kier alpha value is -1.74. The second kappa shape index (κ2) is 4.02. The highest BCUT2D eigenvalue weighted by Crippen LogP contribution is 2.27. The zero-order valence-corrected chi connectivity index (χ0v) is 9.41. The Morgan fingerprint density at radius 2 is 2.06 bits per heavy atom. The van der Waals surface area contributed by atoms with Crippen LogP contribution >= 0.6 is 11.6 Å². The molecule has 82 valence electrons. The van der Waals surface area contributed by atoms with E-state index < -0.39 is 5.97 Å². The van der Waals surface area contributed by atoms with Gasteiger partial charge in [0.05, 0.1) is 18.4 Å². The molecule has 0 heterocycles. The molecule has 16 heavy (non-hydrogen) atoms. The molecule has 2 rings (SSSR count). The lowest BCUT2D eigenvalue weighted by molar-refractivity contribution is 0.0602. The molecule has 0 spiro atoms. The third-order valence-corrected chi connectivity index (χ3v) is 2.66. The molecule has 0 unspecified atom stereocenters. The van der Waals surface area contributed by atoms with E-state index in [0.29, 0.717) is 16.3 Å². The fraction of sp³-hybridized carbons (Fsp3) is 0.0833. The van der Waals surface area contributed by atoms with Crippen molar-refractivity contribution in [3.05, 3.63) is 40.9 Å². The molecule has 0 aromatic heterocycles. The number of fused-ring (bicyclic) bond motifs is 1. The number of esters is 1. The molecule has 0 aliphatic heterocycles. The van der Waals surface area contributed by atoms with Crippen molar-refractivity contribution >= 4 is 34.0 Å². The first-order valence-electron chi connectivity index (χ1n) is 4.69. The summed E-state index contributed by atoms with van der Waals surface area (Å²) in [6.07, 6.45) is 0. The fourth-order valence-corrected chi connectivity index (χ4v) is 1.79. The van der Waals surface area contributed by atoms with Crippen LogP contribution in [0.4, 0.5) is 5.69 Å². The molecule has 0 bridgehead atoms. The van der Waals surface area contributed by atoms with Crippen molar-refractivity contribution in [2.45, 2.75) is 0 Å². The van der Waals surface area contributed by atoms with Crippen LogP contribution in [0.3, 0.4) is 0 Å². The van der Waals surface area contributed by atoms with E-state index in [-0.39, 0.29) is 0 Å². The summed E-state index contributed by atoms with van der Waals surface area (Å²) in [6.45, 7) is 0. The van der Waals surface area contributed by atoms with Crippen molar-refractivity contribution in [3.8, 4) is 0 Å². The number of nitrogens with two attached hydrogens (primary N) is 1. The number of hydrogen-bond donors (Lipinski definition) is 1. The maximum Gasteiger partial charge on any atom is 0.339 e. The third kappa shape index (κ3) is 1.70. The number of anilines is 1. The summed E-state index contributed by atoms with van der Waals surface area (Å²) >= 11 is 5.87. The van der Waals surface area contributed by atoms with Gasteiger partial charge in [0, 0.05) is 10.4 Å². The minimum atomic E-state index is -0.436. The van der Waals surface area contributed by atoms with Crippen molar-refractivity contribution in [3.63, 3.8) is 0 Å². The maximum atomic E-state index is 11.4. The van der Waals surface area contributed by atoms with Gasteiger partial charge in [-0.25, -0.2) is 4.79 Å². The molecule has 3 nitrogen and oxygen atoms in total. The number of hydrogen-bond acceptors (Lipinski definition) is 3. The molecule has 0 atom stereocenters. The normalized spacial score (nSPS) is 10.4. The van der Waals surface area contributed by atoms with Crippen molar-refractivity contribution in [1.82, 2.24) is 0 Å². The monoisotopic (exact) mass is 235 g/mol. The summed E-state index contributed by atoms with van der Waals surface area (Å²) in [5.74, 6) is -0.436. The van der Waals surface area contributed by atoms with Gasteiger partial charge in [-0.3, -0.25) is 0 Å². The molecule has 0 saturated carbocycles. The highest BCUT2D eigenvalue weighted by molar-refractivity contribution is 6.31. The van der Waals surface area contributed by atoms with E-state index in [1.54, 1.807) is 30.3 Å². The highest BCUT2D eigenvalue weighted by Gasteiger charge is 2.12. The molecule has 0 amide bonds. The molecule has 0 radical (unpaired) electrons. The molecule has 2 aromatic rings. The number of ether oxygens (including phenoxy) is 1. The minimum Gasteiger partial charge on any atom is -0.465 e. The van der Waals surface area contributed by atoms with Crippen LogP contribution in [-0.2, 0) is 4.74 Å². The molecule has 0 aliphatic rings. The van der Waals surface area contributed by atoms with Crippen LogP contribution in [0.25, 0.3) is 10.8 Å². The zero-order valence-electron chi connectivity index (χ0n) is 8.66. The quantitative estimate of drug-likeness (QED) is 0.611. The summed E-state index contributed by atoms with van der Waals surface area (Å²) in [6, 6.07) is 8.76. The second-order valence-corrected chi connectivity index (χ2v) is 3.82. The number of benzene rings is 2. The fourth-order valence-electron chi connectivity index (χ4n) is 1.61. The van der Waals surface area contributed by atoms with E-state index >= 15 is 0 Å². The Kier molecular flexibility index (Phi) is 2.71. The van der Waals surface area contributed by atoms with E-state index in [9.17, 15) is 4.79 Å². The van der Waals surface area contributed by atoms with Gasteiger partial charge >= 0.3 is 5.97 Å². The van der Waals surface area contributed by atoms with Crippen molar-refractivity contribution < 1.29 is 9.53 Å². The maximum absolute atomic E-state index is 11.4. The largest absolute Gasteiger partial charge is 0.465 e. The van der Waals surface area contributed by atoms with Gasteiger partial charge < -0.3 is 10.5 Å². The molecular formula is C12H10ClNO2. The van der Waals surface area contributed by atoms with Crippen LogP contribution in [0.5, 0.6) is 0 Å². The number of carbonyl (C=O) groups is 1. The molecular weight excluding hydrogens is 226 g/mol. The Bertz CT molecular complexity index is 566. The Morgan fingerprint density at radius 3 is 2.75 bits per heavy atom. The first-order valence-corrected chi connectivity index (χ1v) is 5.07. The number of nitrogen functional groups attached to an aromatic ring is 1. The van der Waals surface area contributed by atoms with Crippen LogP contribution in [0, 0.1) is 0 Å². The lowest BCUT2D eigenvalue weighted by Crippen LogP contribution is -2.05. The van der Waals surface area contributed by atoms with Gasteiger partial charge in [0.1, 0.15) is 0 Å². The summed E-state index contributed by atoms with van der Waals surface area (Å²) in [4.78, 5) is 11.4. The SMILES string of the molecule is COC(=O)c1ccc2cc(Cl)ccc2c1N. The number of methoxy groups -OCH3 is 1. The van der Waals surface area contributed by atoms with Gasteiger partial charge in [-0.15, -0.1) is 0 Å². The van der Waals surface area contributed by atoms with Gasteiger partial charge in [-0.1, -0.05) is 23.7 Å². The highest BCUT2D eigenvalue weighted by atomic mass is 35.5. The van der Waals surface area contributed by atoms with E-state index in [2.05, 4.69) is 4.74 Å². The second-order valence-electron chi connectivity index (χ2n) is 3.38. The summed E-state index contributed by atoms with van der Waals surface area (Å²) < 4.78 is 4.64. The average Bonchev–Trinajstić information content (AvgIpc) is 2.28. The number of rotatable bonds is 1. The van der Waals surface area contributed by atoms with E-state index in [1.165, 1.54) is 7.11 Å². The molecule has 2 N–H and O–H groups in total. The van der Waals surface area contributed by atoms with E-state index in [1.807, 2.05) is 0 Å². The van der Waals surface area contributed by atoms with Crippen LogP contribution in [0.15, 0.2) is 30.3 Å². The van der Waals surface area contributed by atoms with Gasteiger partial charge in [0.15, 0.2) is 0 Å². The summed E-state index contributed by atoms with van der Waals surface area (Å²) in [7, 11) is 1.33. The van der Waals surface area contributed by atoms with Crippen LogP contribution < -0.4 is 5.73 Å². The Labute approximate surface area is 97.8 Å². The van der Waals surface area contributed by atoms with Crippen molar-refractivity contribution in [2.24, 2.45) is 0 Å². The van der Waals surface area contributed by atoms with Crippen LogP contribution in [0.2, 0.25) is 5.02 Å². The summed E-state index contributed by atoms with van der Waals surface area (Å²) in [5.41, 5.74) is 6.69. The van der Waals surface area contributed by atoms with Gasteiger partial charge in [0.2, 0.25) is 0 Å². The molecule has 4 heteroatoms. The lowest BCUT2D eigenvalue weighted by atomic mass is 10.0. The van der Waals surface area contributed by atoms with Crippen LogP contribution in [-0.4, -0.2) is 13.1 Å². The zero-order chi connectivity index (χ0) is 11.7. The van der Waals surface area contributed by atoms with Gasteiger partial charge in [-0.2, -0.15) is 0 Å². The summed E-state index contributed by atoms with van der Waals surface area (Å²) in [5, 5.41) is 2.34.